The van der Waals surface area contributed by atoms with Gasteiger partial charge in [-0.25, -0.2) is 4.98 Å². The van der Waals surface area contributed by atoms with E-state index < -0.39 is 0 Å². The first-order chi connectivity index (χ1) is 6.83. The molecule has 4 heteroatoms. The minimum absolute atomic E-state index is 0.221. The van der Waals surface area contributed by atoms with Gasteiger partial charge >= 0.3 is 0 Å². The lowest BCUT2D eigenvalue weighted by molar-refractivity contribution is 0.468. The predicted octanol–water partition coefficient (Wildman–Crippen LogP) is 1.04. The Hall–Kier alpha value is -1.81. The number of rotatable bonds is 2. The highest BCUT2D eigenvalue weighted by atomic mass is 16.3. The van der Waals surface area contributed by atoms with Crippen LogP contribution in [-0.4, -0.2) is 14.7 Å². The van der Waals surface area contributed by atoms with Gasteiger partial charge in [-0.2, -0.15) is 0 Å². The molecule has 0 atom stereocenters. The number of phenols is 1. The summed E-state index contributed by atoms with van der Waals surface area (Å²) in [7, 11) is 0. The number of aromatic nitrogens is 2. The van der Waals surface area contributed by atoms with Crippen molar-refractivity contribution in [1.29, 1.82) is 0 Å². The lowest BCUT2D eigenvalue weighted by Gasteiger charge is -2.09. The normalized spacial score (nSPS) is 10.4. The highest BCUT2D eigenvalue weighted by Gasteiger charge is 2.06. The fourth-order valence-electron chi connectivity index (χ4n) is 1.42. The summed E-state index contributed by atoms with van der Waals surface area (Å²) in [5.41, 5.74) is 7.16. The maximum absolute atomic E-state index is 9.58. The molecule has 0 aliphatic rings. The Balaban J connectivity index is 2.58. The summed E-state index contributed by atoms with van der Waals surface area (Å²) < 4.78 is 1.82. The van der Waals surface area contributed by atoms with E-state index in [9.17, 15) is 5.11 Å². The lowest BCUT2D eigenvalue weighted by atomic mass is 10.1. The van der Waals surface area contributed by atoms with Crippen molar-refractivity contribution < 1.29 is 5.11 Å². The van der Waals surface area contributed by atoms with Gasteiger partial charge < -0.3 is 15.4 Å². The first kappa shape index (κ1) is 8.77. The monoisotopic (exact) mass is 189 g/mol. The minimum Gasteiger partial charge on any atom is -0.508 e. The van der Waals surface area contributed by atoms with Gasteiger partial charge in [-0.15, -0.1) is 0 Å². The minimum atomic E-state index is 0.221. The molecule has 1 aromatic carbocycles. The summed E-state index contributed by atoms with van der Waals surface area (Å²) in [6, 6.07) is 5.30. The van der Waals surface area contributed by atoms with Crippen LogP contribution in [0.25, 0.3) is 5.69 Å². The molecule has 4 nitrogen and oxygen atoms in total. The highest BCUT2D eigenvalue weighted by molar-refractivity contribution is 5.48. The van der Waals surface area contributed by atoms with Crippen molar-refractivity contribution in [1.82, 2.24) is 9.55 Å². The number of nitrogens with two attached hydrogens (primary N) is 1. The molecule has 0 amide bonds. The average Bonchev–Trinajstić information content (AvgIpc) is 2.70. The number of aromatic hydroxyl groups is 1. The summed E-state index contributed by atoms with van der Waals surface area (Å²) in [6.45, 7) is 0.306. The van der Waals surface area contributed by atoms with Gasteiger partial charge in [-0.3, -0.25) is 0 Å². The molecule has 0 aliphatic carbocycles. The molecular weight excluding hydrogens is 178 g/mol. The summed E-state index contributed by atoms with van der Waals surface area (Å²) in [6.07, 6.45) is 5.17. The lowest BCUT2D eigenvalue weighted by Crippen LogP contribution is -2.03. The molecule has 0 saturated carbocycles. The first-order valence-electron chi connectivity index (χ1n) is 4.32. The quantitative estimate of drug-likeness (QED) is 0.741. The second-order valence-electron chi connectivity index (χ2n) is 2.95. The van der Waals surface area contributed by atoms with Crippen LogP contribution in [-0.2, 0) is 6.54 Å². The third-order valence-corrected chi connectivity index (χ3v) is 2.11. The Bertz CT molecular complexity index is 423. The molecule has 0 aliphatic heterocycles. The van der Waals surface area contributed by atoms with E-state index in [0.717, 1.165) is 11.3 Å². The van der Waals surface area contributed by atoms with E-state index in [0.29, 0.717) is 6.54 Å². The number of benzene rings is 1. The molecule has 2 aromatic rings. The Morgan fingerprint density at radius 2 is 2.29 bits per heavy atom. The third-order valence-electron chi connectivity index (χ3n) is 2.11. The molecule has 0 spiro atoms. The summed E-state index contributed by atoms with van der Waals surface area (Å²) in [5.74, 6) is 0.221. The molecule has 0 radical (unpaired) electrons. The van der Waals surface area contributed by atoms with Gasteiger partial charge in [0.25, 0.3) is 0 Å². The fourth-order valence-corrected chi connectivity index (χ4v) is 1.42. The van der Waals surface area contributed by atoms with Gasteiger partial charge in [0.2, 0.25) is 0 Å². The van der Waals surface area contributed by atoms with Crippen molar-refractivity contribution in [2.45, 2.75) is 6.54 Å². The Morgan fingerprint density at radius 3 is 2.93 bits per heavy atom. The Labute approximate surface area is 81.6 Å². The van der Waals surface area contributed by atoms with Gasteiger partial charge in [0.05, 0.1) is 12.0 Å². The van der Waals surface area contributed by atoms with Crippen LogP contribution in [0.15, 0.2) is 36.9 Å². The second kappa shape index (κ2) is 3.51. The van der Waals surface area contributed by atoms with Crippen molar-refractivity contribution >= 4 is 0 Å². The van der Waals surface area contributed by atoms with Crippen LogP contribution < -0.4 is 5.73 Å². The summed E-state index contributed by atoms with van der Waals surface area (Å²) in [4.78, 5) is 3.94. The number of hydrogen-bond donors (Lipinski definition) is 2. The maximum Gasteiger partial charge on any atom is 0.122 e. The van der Waals surface area contributed by atoms with Gasteiger partial charge in [0.15, 0.2) is 0 Å². The molecule has 0 unspecified atom stereocenters. The zero-order chi connectivity index (χ0) is 9.97. The van der Waals surface area contributed by atoms with Crippen LogP contribution in [0.4, 0.5) is 0 Å². The Kier molecular flexibility index (Phi) is 2.20. The first-order valence-corrected chi connectivity index (χ1v) is 4.32. The number of hydrogen-bond acceptors (Lipinski definition) is 3. The molecule has 0 saturated heterocycles. The predicted molar refractivity (Wildman–Crippen MR) is 53.1 cm³/mol. The molecule has 0 bridgehead atoms. The topological polar surface area (TPSA) is 64.1 Å². The number of imidazole rings is 1. The largest absolute Gasteiger partial charge is 0.508 e. The van der Waals surface area contributed by atoms with E-state index in [1.807, 2.05) is 16.8 Å². The standard InChI is InChI=1S/C10H11N3O/c11-6-8-9(2-1-3-10(8)14)13-5-4-12-7-13/h1-5,7,14H,6,11H2. The van der Waals surface area contributed by atoms with Crippen LogP contribution in [0, 0.1) is 0 Å². The summed E-state index contributed by atoms with van der Waals surface area (Å²) >= 11 is 0. The number of nitrogens with zero attached hydrogens (tertiary/aromatic N) is 2. The molecular formula is C10H11N3O. The smallest absolute Gasteiger partial charge is 0.122 e. The van der Waals surface area contributed by atoms with Crippen molar-refractivity contribution in [3.8, 4) is 11.4 Å². The van der Waals surface area contributed by atoms with Crippen molar-refractivity contribution in [2.24, 2.45) is 5.73 Å². The van der Waals surface area contributed by atoms with E-state index in [4.69, 9.17) is 5.73 Å². The highest BCUT2D eigenvalue weighted by Crippen LogP contribution is 2.23. The van der Waals surface area contributed by atoms with E-state index in [2.05, 4.69) is 4.98 Å². The van der Waals surface area contributed by atoms with Gasteiger partial charge in [0.1, 0.15) is 5.75 Å². The van der Waals surface area contributed by atoms with Crippen LogP contribution in [0.1, 0.15) is 5.56 Å². The molecule has 72 valence electrons. The van der Waals surface area contributed by atoms with E-state index in [-0.39, 0.29) is 5.75 Å². The van der Waals surface area contributed by atoms with Crippen molar-refractivity contribution in [3.05, 3.63) is 42.5 Å². The third kappa shape index (κ3) is 1.36. The van der Waals surface area contributed by atoms with Crippen molar-refractivity contribution in [3.63, 3.8) is 0 Å². The van der Waals surface area contributed by atoms with Crippen molar-refractivity contribution in [2.75, 3.05) is 0 Å². The SMILES string of the molecule is NCc1c(O)cccc1-n1ccnc1. The summed E-state index contributed by atoms with van der Waals surface area (Å²) in [5, 5.41) is 9.58. The van der Waals surface area contributed by atoms with Crippen LogP contribution in [0.3, 0.4) is 0 Å². The molecule has 14 heavy (non-hydrogen) atoms. The molecule has 1 aromatic heterocycles. The van der Waals surface area contributed by atoms with E-state index in [1.54, 1.807) is 24.7 Å². The average molecular weight is 189 g/mol. The van der Waals surface area contributed by atoms with Crippen LogP contribution >= 0.6 is 0 Å². The van der Waals surface area contributed by atoms with E-state index in [1.165, 1.54) is 0 Å². The van der Waals surface area contributed by atoms with Gasteiger partial charge in [0, 0.05) is 24.5 Å². The Morgan fingerprint density at radius 1 is 1.43 bits per heavy atom. The van der Waals surface area contributed by atoms with Crippen LogP contribution in [0.5, 0.6) is 5.75 Å². The number of phenolic OH excluding ortho intramolecular Hbond substituents is 1. The zero-order valence-electron chi connectivity index (χ0n) is 7.59. The second-order valence-corrected chi connectivity index (χ2v) is 2.95. The molecule has 0 fully saturated rings. The molecule has 1 heterocycles. The molecule has 3 N–H and O–H groups in total. The van der Waals surface area contributed by atoms with E-state index >= 15 is 0 Å². The molecule has 2 rings (SSSR count). The zero-order valence-corrected chi connectivity index (χ0v) is 7.59. The maximum atomic E-state index is 9.58. The fraction of sp³-hybridized carbons (Fsp3) is 0.100. The van der Waals surface area contributed by atoms with Crippen LogP contribution in [0.2, 0.25) is 0 Å². The van der Waals surface area contributed by atoms with Gasteiger partial charge in [-0.1, -0.05) is 6.07 Å². The van der Waals surface area contributed by atoms with Gasteiger partial charge in [-0.05, 0) is 12.1 Å².